The van der Waals surface area contributed by atoms with Gasteiger partial charge in [-0.3, -0.25) is 9.59 Å². The van der Waals surface area contributed by atoms with Crippen molar-refractivity contribution in [2.24, 2.45) is 0 Å². The van der Waals surface area contributed by atoms with Crippen molar-refractivity contribution < 1.29 is 14.3 Å². The van der Waals surface area contributed by atoms with Crippen LogP contribution in [0.2, 0.25) is 0 Å². The Morgan fingerprint density at radius 2 is 1.96 bits per heavy atom. The monoisotopic (exact) mass is 381 g/mol. The fraction of sp³-hybridized carbons (Fsp3) is 0.364. The molecular weight excluding hydrogens is 354 g/mol. The molecule has 0 aromatic heterocycles. The molecule has 6 nitrogen and oxygen atoms in total. The molecule has 148 valence electrons. The molecule has 2 aromatic carbocycles. The van der Waals surface area contributed by atoms with Crippen molar-refractivity contribution in [3.8, 4) is 0 Å². The number of morpholine rings is 1. The zero-order valence-electron chi connectivity index (χ0n) is 16.2. The van der Waals surface area contributed by atoms with Crippen molar-refractivity contribution in [2.75, 3.05) is 31.6 Å². The molecule has 0 radical (unpaired) electrons. The lowest BCUT2D eigenvalue weighted by atomic mass is 10.0. The third kappa shape index (κ3) is 5.65. The summed E-state index contributed by atoms with van der Waals surface area (Å²) < 4.78 is 5.39. The maximum Gasteiger partial charge on any atom is 0.253 e. The lowest BCUT2D eigenvalue weighted by Gasteiger charge is -2.23. The molecule has 1 aliphatic heterocycles. The zero-order valence-corrected chi connectivity index (χ0v) is 16.2. The summed E-state index contributed by atoms with van der Waals surface area (Å²) in [6, 6.07) is 15.5. The number of anilines is 1. The predicted octanol–water partition coefficient (Wildman–Crippen LogP) is 2.28. The van der Waals surface area contributed by atoms with Gasteiger partial charge in [0.15, 0.2) is 0 Å². The lowest BCUT2D eigenvalue weighted by Crippen LogP contribution is -2.43. The molecule has 0 aliphatic carbocycles. The number of amides is 2. The van der Waals surface area contributed by atoms with Crippen molar-refractivity contribution in [2.45, 2.75) is 25.8 Å². The highest BCUT2D eigenvalue weighted by molar-refractivity contribution is 6.04. The molecule has 0 bridgehead atoms. The van der Waals surface area contributed by atoms with Crippen LogP contribution in [0, 0.1) is 6.92 Å². The van der Waals surface area contributed by atoms with Crippen LogP contribution in [0.15, 0.2) is 48.5 Å². The number of carbonyl (C=O) groups excluding carboxylic acids is 2. The molecule has 3 N–H and O–H groups in total. The quantitative estimate of drug-likeness (QED) is 0.688. The molecule has 1 unspecified atom stereocenters. The molecule has 1 atom stereocenters. The second-order valence-corrected chi connectivity index (χ2v) is 6.97. The topological polar surface area (TPSA) is 79.5 Å². The first-order chi connectivity index (χ1) is 13.6. The Labute approximate surface area is 165 Å². The molecule has 2 amide bonds. The van der Waals surface area contributed by atoms with Gasteiger partial charge in [-0.1, -0.05) is 42.5 Å². The van der Waals surface area contributed by atoms with Gasteiger partial charge in [-0.25, -0.2) is 0 Å². The number of hydrogen-bond acceptors (Lipinski definition) is 4. The summed E-state index contributed by atoms with van der Waals surface area (Å²) in [6.07, 6.45) is 1.07. The Morgan fingerprint density at radius 3 is 2.71 bits per heavy atom. The highest BCUT2D eigenvalue weighted by atomic mass is 16.5. The van der Waals surface area contributed by atoms with E-state index in [-0.39, 0.29) is 17.9 Å². The summed E-state index contributed by atoms with van der Waals surface area (Å²) in [5, 5.41) is 9.12. The van der Waals surface area contributed by atoms with Gasteiger partial charge in [0, 0.05) is 25.6 Å². The standard InChI is InChI=1S/C22H27N3O3/c1-16-6-5-9-19(25-20(26)14-18-15-28-13-12-23-18)21(16)22(27)24-11-10-17-7-3-2-4-8-17/h2-9,18,23H,10-15H2,1H3,(H,24,27)(H,25,26). The Hall–Kier alpha value is -2.70. The van der Waals surface area contributed by atoms with Crippen molar-refractivity contribution in [3.05, 3.63) is 65.2 Å². The molecule has 0 spiro atoms. The van der Waals surface area contributed by atoms with Gasteiger partial charge in [0.25, 0.3) is 5.91 Å². The summed E-state index contributed by atoms with van der Waals surface area (Å²) >= 11 is 0. The van der Waals surface area contributed by atoms with Crippen LogP contribution >= 0.6 is 0 Å². The maximum absolute atomic E-state index is 12.8. The molecule has 1 fully saturated rings. The second kappa shape index (κ2) is 10.0. The molecule has 1 aliphatic rings. The predicted molar refractivity (Wildman–Crippen MR) is 110 cm³/mol. The zero-order chi connectivity index (χ0) is 19.8. The fourth-order valence-corrected chi connectivity index (χ4v) is 3.30. The summed E-state index contributed by atoms with van der Waals surface area (Å²) in [4.78, 5) is 25.2. The number of aryl methyl sites for hydroxylation is 1. The van der Waals surface area contributed by atoms with E-state index < -0.39 is 0 Å². The van der Waals surface area contributed by atoms with Gasteiger partial charge >= 0.3 is 0 Å². The molecule has 0 saturated carbocycles. The number of carbonyl (C=O) groups is 2. The average Bonchev–Trinajstić information content (AvgIpc) is 2.69. The summed E-state index contributed by atoms with van der Waals surface area (Å²) in [5.74, 6) is -0.310. The molecule has 2 aromatic rings. The average molecular weight is 381 g/mol. The Morgan fingerprint density at radius 1 is 1.14 bits per heavy atom. The van der Waals surface area contributed by atoms with E-state index in [1.54, 1.807) is 6.07 Å². The normalized spacial score (nSPS) is 16.4. The highest BCUT2D eigenvalue weighted by Crippen LogP contribution is 2.20. The van der Waals surface area contributed by atoms with E-state index in [4.69, 9.17) is 4.74 Å². The molecule has 1 saturated heterocycles. The summed E-state index contributed by atoms with van der Waals surface area (Å²) in [6.45, 7) is 4.35. The summed E-state index contributed by atoms with van der Waals surface area (Å²) in [7, 11) is 0. The van der Waals surface area contributed by atoms with E-state index in [9.17, 15) is 9.59 Å². The number of nitrogens with one attached hydrogen (secondary N) is 3. The number of hydrogen-bond donors (Lipinski definition) is 3. The van der Waals surface area contributed by atoms with Crippen molar-refractivity contribution >= 4 is 17.5 Å². The lowest BCUT2D eigenvalue weighted by molar-refractivity contribution is -0.117. The van der Waals surface area contributed by atoms with Crippen LogP contribution in [0.4, 0.5) is 5.69 Å². The van der Waals surface area contributed by atoms with Crippen molar-refractivity contribution in [1.29, 1.82) is 0 Å². The van der Waals surface area contributed by atoms with Crippen LogP contribution in [0.25, 0.3) is 0 Å². The van der Waals surface area contributed by atoms with Gasteiger partial charge < -0.3 is 20.7 Å². The van der Waals surface area contributed by atoms with Crippen molar-refractivity contribution in [3.63, 3.8) is 0 Å². The Balaban J connectivity index is 1.60. The third-order valence-corrected chi connectivity index (χ3v) is 4.75. The Kier molecular flexibility index (Phi) is 7.17. The van der Waals surface area contributed by atoms with E-state index in [1.807, 2.05) is 49.4 Å². The maximum atomic E-state index is 12.8. The third-order valence-electron chi connectivity index (χ3n) is 4.75. The molecule has 6 heteroatoms. The van der Waals surface area contributed by atoms with Crippen LogP contribution in [0.3, 0.4) is 0 Å². The second-order valence-electron chi connectivity index (χ2n) is 6.97. The Bertz CT molecular complexity index is 802. The largest absolute Gasteiger partial charge is 0.378 e. The minimum atomic E-state index is -0.177. The molecule has 3 rings (SSSR count). The van der Waals surface area contributed by atoms with Crippen LogP contribution in [0.1, 0.15) is 27.9 Å². The first-order valence-electron chi connectivity index (χ1n) is 9.66. The minimum Gasteiger partial charge on any atom is -0.378 e. The highest BCUT2D eigenvalue weighted by Gasteiger charge is 2.19. The van der Waals surface area contributed by atoms with E-state index >= 15 is 0 Å². The van der Waals surface area contributed by atoms with Crippen LogP contribution in [-0.2, 0) is 16.0 Å². The van der Waals surface area contributed by atoms with E-state index in [0.29, 0.717) is 37.4 Å². The smallest absolute Gasteiger partial charge is 0.253 e. The van der Waals surface area contributed by atoms with Crippen LogP contribution < -0.4 is 16.0 Å². The van der Waals surface area contributed by atoms with Crippen LogP contribution in [-0.4, -0.2) is 44.2 Å². The van der Waals surface area contributed by atoms with Gasteiger partial charge in [-0.15, -0.1) is 0 Å². The van der Waals surface area contributed by atoms with Gasteiger partial charge in [-0.2, -0.15) is 0 Å². The first kappa shape index (κ1) is 20.0. The fourth-order valence-electron chi connectivity index (χ4n) is 3.30. The first-order valence-corrected chi connectivity index (χ1v) is 9.66. The summed E-state index contributed by atoms with van der Waals surface area (Å²) in [5.41, 5.74) is 3.05. The molecule has 1 heterocycles. The molecular formula is C22H27N3O3. The molecule has 28 heavy (non-hydrogen) atoms. The van der Waals surface area contributed by atoms with Gasteiger partial charge in [0.2, 0.25) is 5.91 Å². The number of ether oxygens (including phenoxy) is 1. The van der Waals surface area contributed by atoms with Gasteiger partial charge in [0.1, 0.15) is 0 Å². The minimum absolute atomic E-state index is 0.00158. The SMILES string of the molecule is Cc1cccc(NC(=O)CC2COCCN2)c1C(=O)NCCc1ccccc1. The number of benzene rings is 2. The van der Waals surface area contributed by atoms with Crippen molar-refractivity contribution in [1.82, 2.24) is 10.6 Å². The van der Waals surface area contributed by atoms with Gasteiger partial charge in [0.05, 0.1) is 24.5 Å². The number of rotatable bonds is 7. The van der Waals surface area contributed by atoms with E-state index in [2.05, 4.69) is 16.0 Å². The van der Waals surface area contributed by atoms with Crippen LogP contribution in [0.5, 0.6) is 0 Å². The van der Waals surface area contributed by atoms with E-state index in [0.717, 1.165) is 18.5 Å². The van der Waals surface area contributed by atoms with E-state index in [1.165, 1.54) is 5.56 Å². The van der Waals surface area contributed by atoms with Gasteiger partial charge in [-0.05, 0) is 30.5 Å².